The smallest absolute Gasteiger partial charge is 0.0783 e. The molecule has 0 amide bonds. The molecule has 3 aromatic carbocycles. The molecule has 2 heteroatoms. The predicted molar refractivity (Wildman–Crippen MR) is 153 cm³/mol. The molecule has 2 unspecified atom stereocenters. The molecule has 2 atom stereocenters. The lowest BCUT2D eigenvalue weighted by Gasteiger charge is -2.34. The summed E-state index contributed by atoms with van der Waals surface area (Å²) in [5.74, 6) is 0.330. The van der Waals surface area contributed by atoms with Gasteiger partial charge in [-0.2, -0.15) is 0 Å². The van der Waals surface area contributed by atoms with Crippen LogP contribution >= 0.6 is 0 Å². The van der Waals surface area contributed by atoms with Crippen LogP contribution in [-0.2, 0) is 0 Å². The van der Waals surface area contributed by atoms with Crippen LogP contribution in [0.3, 0.4) is 0 Å². The second kappa shape index (κ2) is 10.4. The number of pyridine rings is 1. The van der Waals surface area contributed by atoms with Crippen molar-refractivity contribution in [3.05, 3.63) is 138 Å². The molecule has 4 aromatic rings. The van der Waals surface area contributed by atoms with Crippen LogP contribution in [0.2, 0.25) is 0 Å². The highest BCUT2D eigenvalue weighted by molar-refractivity contribution is 5.95. The van der Waals surface area contributed by atoms with Gasteiger partial charge < -0.3 is 4.90 Å². The second-order valence-corrected chi connectivity index (χ2v) is 10.0. The van der Waals surface area contributed by atoms with Crippen LogP contribution < -0.4 is 0 Å². The lowest BCUT2D eigenvalue weighted by molar-refractivity contribution is 0.338. The standard InChI is InChI=1S/C34H34N2/c1-24-17-18-33(30-14-7-5-11-26(30)3)36(22-24)23-25(2)21-27(4)29-13-9-10-16-32(29)34-31-15-8-6-12-28(31)19-20-35-34/h5-20,22,27,33H,2,21,23H2,1,3-4H3. The molecular weight excluding hydrogens is 436 g/mol. The molecule has 2 heterocycles. The molecule has 0 spiro atoms. The van der Waals surface area contributed by atoms with Gasteiger partial charge in [-0.05, 0) is 59.9 Å². The first kappa shape index (κ1) is 23.8. The number of hydrogen-bond donors (Lipinski definition) is 0. The average molecular weight is 471 g/mol. The van der Waals surface area contributed by atoms with Gasteiger partial charge in [0.25, 0.3) is 0 Å². The summed E-state index contributed by atoms with van der Waals surface area (Å²) in [7, 11) is 0. The number of aryl methyl sites for hydroxylation is 1. The quantitative estimate of drug-likeness (QED) is 0.251. The summed E-state index contributed by atoms with van der Waals surface area (Å²) in [4.78, 5) is 7.24. The third kappa shape index (κ3) is 4.90. The Labute approximate surface area is 215 Å². The van der Waals surface area contributed by atoms with Gasteiger partial charge in [0.2, 0.25) is 0 Å². The first-order valence-electron chi connectivity index (χ1n) is 12.8. The molecule has 1 aromatic heterocycles. The molecular formula is C34H34N2. The molecule has 36 heavy (non-hydrogen) atoms. The minimum atomic E-state index is 0.231. The number of hydrogen-bond acceptors (Lipinski definition) is 2. The van der Waals surface area contributed by atoms with Gasteiger partial charge in [0.05, 0.1) is 11.7 Å². The zero-order valence-corrected chi connectivity index (χ0v) is 21.5. The van der Waals surface area contributed by atoms with E-state index >= 15 is 0 Å². The Morgan fingerprint density at radius 2 is 1.69 bits per heavy atom. The van der Waals surface area contributed by atoms with Gasteiger partial charge in [-0.3, -0.25) is 4.98 Å². The normalized spacial score (nSPS) is 16.1. The van der Waals surface area contributed by atoms with Crippen molar-refractivity contribution in [1.82, 2.24) is 9.88 Å². The summed E-state index contributed by atoms with van der Waals surface area (Å²) in [6.07, 6.45) is 9.67. The Morgan fingerprint density at radius 3 is 2.56 bits per heavy atom. The van der Waals surface area contributed by atoms with Gasteiger partial charge in [-0.25, -0.2) is 0 Å². The van der Waals surface area contributed by atoms with Crippen LogP contribution in [0.25, 0.3) is 22.0 Å². The maximum Gasteiger partial charge on any atom is 0.0783 e. The fourth-order valence-corrected chi connectivity index (χ4v) is 5.43. The van der Waals surface area contributed by atoms with E-state index in [0.717, 1.165) is 18.7 Å². The van der Waals surface area contributed by atoms with Crippen molar-refractivity contribution in [2.24, 2.45) is 0 Å². The van der Waals surface area contributed by atoms with Crippen molar-refractivity contribution in [1.29, 1.82) is 0 Å². The maximum absolute atomic E-state index is 4.81. The van der Waals surface area contributed by atoms with E-state index in [9.17, 15) is 0 Å². The molecule has 1 aliphatic rings. The molecule has 0 saturated carbocycles. The van der Waals surface area contributed by atoms with Crippen LogP contribution in [0.4, 0.5) is 0 Å². The van der Waals surface area contributed by atoms with Gasteiger partial charge in [0.1, 0.15) is 0 Å². The average Bonchev–Trinajstić information content (AvgIpc) is 2.89. The summed E-state index contributed by atoms with van der Waals surface area (Å²) in [5.41, 5.74) is 8.77. The third-order valence-electron chi connectivity index (χ3n) is 7.20. The molecule has 0 fully saturated rings. The van der Waals surface area contributed by atoms with Gasteiger partial charge in [-0.15, -0.1) is 0 Å². The van der Waals surface area contributed by atoms with E-state index in [1.54, 1.807) is 0 Å². The van der Waals surface area contributed by atoms with Gasteiger partial charge in [-0.1, -0.05) is 104 Å². The van der Waals surface area contributed by atoms with E-state index in [0.29, 0.717) is 5.92 Å². The van der Waals surface area contributed by atoms with Gasteiger partial charge >= 0.3 is 0 Å². The van der Waals surface area contributed by atoms with Crippen molar-refractivity contribution in [2.45, 2.75) is 39.2 Å². The van der Waals surface area contributed by atoms with E-state index in [4.69, 9.17) is 4.98 Å². The number of allylic oxidation sites excluding steroid dienone is 2. The van der Waals surface area contributed by atoms with Crippen LogP contribution in [0.5, 0.6) is 0 Å². The van der Waals surface area contributed by atoms with E-state index in [1.165, 1.54) is 44.2 Å². The molecule has 0 N–H and O–H groups in total. The summed E-state index contributed by atoms with van der Waals surface area (Å²) in [5, 5.41) is 2.41. The minimum absolute atomic E-state index is 0.231. The van der Waals surface area contributed by atoms with Crippen LogP contribution in [0.15, 0.2) is 121 Å². The first-order valence-corrected chi connectivity index (χ1v) is 12.8. The lowest BCUT2D eigenvalue weighted by atomic mass is 9.88. The summed E-state index contributed by atoms with van der Waals surface area (Å²) < 4.78 is 0. The highest BCUT2D eigenvalue weighted by atomic mass is 15.1. The number of rotatable bonds is 7. The monoisotopic (exact) mass is 470 g/mol. The summed E-state index contributed by atoms with van der Waals surface area (Å²) in [6, 6.07) is 28.2. The Bertz CT molecular complexity index is 1450. The molecule has 0 aliphatic carbocycles. The molecule has 0 radical (unpaired) electrons. The van der Waals surface area contributed by atoms with E-state index in [-0.39, 0.29) is 6.04 Å². The highest BCUT2D eigenvalue weighted by Crippen LogP contribution is 2.36. The molecule has 2 nitrogen and oxygen atoms in total. The molecule has 180 valence electrons. The maximum atomic E-state index is 4.81. The fraction of sp³-hybridized carbons (Fsp3) is 0.206. The Balaban J connectivity index is 1.38. The van der Waals surface area contributed by atoms with Crippen molar-refractivity contribution in [3.8, 4) is 11.3 Å². The van der Waals surface area contributed by atoms with Crippen LogP contribution in [0.1, 0.15) is 48.9 Å². The van der Waals surface area contributed by atoms with Crippen molar-refractivity contribution < 1.29 is 0 Å². The molecule has 0 saturated heterocycles. The molecule has 1 aliphatic heterocycles. The SMILES string of the molecule is C=C(CC(C)c1ccccc1-c1nccc2ccccc12)CN1C=C(C)C=CC1c1ccccc1C. The third-order valence-corrected chi connectivity index (χ3v) is 7.20. The minimum Gasteiger partial charge on any atom is -0.363 e. The topological polar surface area (TPSA) is 16.1 Å². The number of benzene rings is 3. The number of aromatic nitrogens is 1. The van der Waals surface area contributed by atoms with E-state index in [2.05, 4.69) is 129 Å². The van der Waals surface area contributed by atoms with Crippen molar-refractivity contribution in [3.63, 3.8) is 0 Å². The highest BCUT2D eigenvalue weighted by Gasteiger charge is 2.22. The lowest BCUT2D eigenvalue weighted by Crippen LogP contribution is -2.27. The molecule has 0 bridgehead atoms. The first-order chi connectivity index (χ1) is 17.5. The van der Waals surface area contributed by atoms with Gasteiger partial charge in [0.15, 0.2) is 0 Å². The zero-order valence-electron chi connectivity index (χ0n) is 21.5. The van der Waals surface area contributed by atoms with Crippen LogP contribution in [-0.4, -0.2) is 16.4 Å². The van der Waals surface area contributed by atoms with E-state index in [1.807, 2.05) is 6.20 Å². The largest absolute Gasteiger partial charge is 0.363 e. The zero-order chi connectivity index (χ0) is 25.1. The summed E-state index contributed by atoms with van der Waals surface area (Å²) >= 11 is 0. The van der Waals surface area contributed by atoms with Crippen molar-refractivity contribution >= 4 is 10.8 Å². The van der Waals surface area contributed by atoms with E-state index < -0.39 is 0 Å². The predicted octanol–water partition coefficient (Wildman–Crippen LogP) is 8.78. The van der Waals surface area contributed by atoms with Crippen molar-refractivity contribution in [2.75, 3.05) is 6.54 Å². The Hall–Kier alpha value is -3.91. The number of nitrogens with zero attached hydrogens (tertiary/aromatic N) is 2. The second-order valence-electron chi connectivity index (χ2n) is 10.0. The Kier molecular flexibility index (Phi) is 6.86. The van der Waals surface area contributed by atoms with Crippen LogP contribution in [0, 0.1) is 6.92 Å². The number of fused-ring (bicyclic) bond motifs is 1. The fourth-order valence-electron chi connectivity index (χ4n) is 5.43. The summed E-state index contributed by atoms with van der Waals surface area (Å²) in [6.45, 7) is 12.0. The Morgan fingerprint density at radius 1 is 0.944 bits per heavy atom. The van der Waals surface area contributed by atoms with Gasteiger partial charge in [0, 0.05) is 29.9 Å². The molecule has 5 rings (SSSR count).